The number of halogens is 2. The van der Waals surface area contributed by atoms with Gasteiger partial charge in [-0.2, -0.15) is 0 Å². The lowest BCUT2D eigenvalue weighted by molar-refractivity contribution is -0.384. The molecule has 0 spiro atoms. The van der Waals surface area contributed by atoms with E-state index in [1.165, 1.54) is 12.1 Å². The molecule has 1 aromatic rings. The minimum Gasteiger partial charge on any atom is -0.385 e. The third kappa shape index (κ3) is 5.79. The lowest BCUT2D eigenvalue weighted by atomic mass is 10.2. The molecule has 0 saturated heterocycles. The Bertz CT molecular complexity index is 444. The van der Waals surface area contributed by atoms with Crippen LogP contribution in [0, 0.1) is 10.1 Å². The summed E-state index contributed by atoms with van der Waals surface area (Å²) in [5, 5.41) is 16.7. The maximum atomic E-state index is 11.8. The summed E-state index contributed by atoms with van der Waals surface area (Å²) in [4.78, 5) is 10.3. The van der Waals surface area contributed by atoms with Crippen molar-refractivity contribution < 1.29 is 18.4 Å². The van der Waals surface area contributed by atoms with Gasteiger partial charge in [-0.05, 0) is 13.0 Å². The predicted molar refractivity (Wildman–Crippen MR) is 72.6 cm³/mol. The first-order valence-corrected chi connectivity index (χ1v) is 6.16. The van der Waals surface area contributed by atoms with Gasteiger partial charge >= 0.3 is 0 Å². The molecule has 0 fully saturated rings. The molecule has 0 radical (unpaired) electrons. The molecule has 2 N–H and O–H groups in total. The second-order valence-corrected chi connectivity index (χ2v) is 3.95. The van der Waals surface area contributed by atoms with Crippen LogP contribution in [-0.2, 0) is 4.74 Å². The molecule has 8 heteroatoms. The van der Waals surface area contributed by atoms with Gasteiger partial charge in [-0.15, -0.1) is 0 Å². The number of non-ortho nitro benzene ring substituents is 1. The van der Waals surface area contributed by atoms with Crippen LogP contribution in [0.5, 0.6) is 0 Å². The fourth-order valence-corrected chi connectivity index (χ4v) is 1.56. The normalized spacial score (nSPS) is 10.6. The van der Waals surface area contributed by atoms with Crippen molar-refractivity contribution in [2.75, 3.05) is 36.9 Å². The molecule has 20 heavy (non-hydrogen) atoms. The van der Waals surface area contributed by atoms with Crippen molar-refractivity contribution in [1.82, 2.24) is 0 Å². The average molecular weight is 289 g/mol. The molecule has 0 aliphatic carbocycles. The van der Waals surface area contributed by atoms with E-state index < -0.39 is 18.0 Å². The standard InChI is InChI=1S/C12H17F2N3O3/c1-2-15-9-5-10(7-11(6-9)17(18)19)16-3-4-20-8-12(13)14/h5-7,12,15-16H,2-4,8H2,1H3. The van der Waals surface area contributed by atoms with E-state index in [1.54, 1.807) is 6.07 Å². The van der Waals surface area contributed by atoms with Gasteiger partial charge in [0.05, 0.1) is 11.5 Å². The van der Waals surface area contributed by atoms with Crippen LogP contribution in [-0.4, -0.2) is 37.7 Å². The molecule has 1 rings (SSSR count). The van der Waals surface area contributed by atoms with E-state index in [2.05, 4.69) is 10.6 Å². The van der Waals surface area contributed by atoms with Gasteiger partial charge in [-0.25, -0.2) is 8.78 Å². The van der Waals surface area contributed by atoms with E-state index in [-0.39, 0.29) is 12.3 Å². The van der Waals surface area contributed by atoms with Crippen molar-refractivity contribution in [3.05, 3.63) is 28.3 Å². The Balaban J connectivity index is 2.57. The van der Waals surface area contributed by atoms with E-state index in [1.807, 2.05) is 6.92 Å². The molecule has 0 aliphatic rings. The van der Waals surface area contributed by atoms with Gasteiger partial charge in [-0.3, -0.25) is 10.1 Å². The summed E-state index contributed by atoms with van der Waals surface area (Å²) in [6.07, 6.45) is -2.49. The number of hydrogen-bond donors (Lipinski definition) is 2. The lowest BCUT2D eigenvalue weighted by Crippen LogP contribution is -2.13. The molecule has 0 unspecified atom stereocenters. The van der Waals surface area contributed by atoms with Gasteiger partial charge in [0.1, 0.15) is 6.61 Å². The van der Waals surface area contributed by atoms with E-state index >= 15 is 0 Å². The summed E-state index contributed by atoms with van der Waals surface area (Å²) in [7, 11) is 0. The predicted octanol–water partition coefficient (Wildman–Crippen LogP) is 2.72. The van der Waals surface area contributed by atoms with Crippen LogP contribution in [0.3, 0.4) is 0 Å². The van der Waals surface area contributed by atoms with E-state index in [9.17, 15) is 18.9 Å². The van der Waals surface area contributed by atoms with Crippen molar-refractivity contribution in [3.63, 3.8) is 0 Å². The maximum absolute atomic E-state index is 11.8. The first-order chi connectivity index (χ1) is 9.52. The number of rotatable bonds is 9. The molecule has 0 saturated carbocycles. The van der Waals surface area contributed by atoms with Crippen molar-refractivity contribution in [2.24, 2.45) is 0 Å². The summed E-state index contributed by atoms with van der Waals surface area (Å²) in [6, 6.07) is 4.53. The molecule has 0 bridgehead atoms. The first kappa shape index (κ1) is 16.1. The Morgan fingerprint density at radius 2 is 1.95 bits per heavy atom. The van der Waals surface area contributed by atoms with E-state index in [4.69, 9.17) is 4.74 Å². The van der Waals surface area contributed by atoms with Crippen LogP contribution in [0.2, 0.25) is 0 Å². The molecule has 0 heterocycles. The maximum Gasteiger partial charge on any atom is 0.273 e. The van der Waals surface area contributed by atoms with Gasteiger partial charge in [0, 0.05) is 36.6 Å². The molecular weight excluding hydrogens is 272 g/mol. The fraction of sp³-hybridized carbons (Fsp3) is 0.500. The third-order valence-electron chi connectivity index (χ3n) is 2.33. The average Bonchev–Trinajstić information content (AvgIpc) is 2.38. The third-order valence-corrected chi connectivity index (χ3v) is 2.33. The summed E-state index contributed by atoms with van der Waals surface area (Å²) < 4.78 is 28.4. The molecule has 0 aliphatic heterocycles. The fourth-order valence-electron chi connectivity index (χ4n) is 1.56. The highest BCUT2D eigenvalue weighted by atomic mass is 19.3. The smallest absolute Gasteiger partial charge is 0.273 e. The Morgan fingerprint density at radius 1 is 1.30 bits per heavy atom. The minimum atomic E-state index is -2.49. The number of ether oxygens (including phenoxy) is 1. The van der Waals surface area contributed by atoms with Gasteiger partial charge in [0.25, 0.3) is 12.1 Å². The molecule has 112 valence electrons. The Labute approximate surface area is 115 Å². The van der Waals surface area contributed by atoms with Crippen molar-refractivity contribution in [1.29, 1.82) is 0 Å². The van der Waals surface area contributed by atoms with Crippen molar-refractivity contribution in [3.8, 4) is 0 Å². The number of nitrogens with one attached hydrogen (secondary N) is 2. The number of nitro benzene ring substituents is 1. The number of benzene rings is 1. The molecule has 1 aromatic carbocycles. The topological polar surface area (TPSA) is 76.4 Å². The van der Waals surface area contributed by atoms with Crippen LogP contribution in [0.1, 0.15) is 6.92 Å². The zero-order valence-corrected chi connectivity index (χ0v) is 11.1. The number of nitro groups is 1. The SMILES string of the molecule is CCNc1cc(NCCOCC(F)F)cc([N+](=O)[O-])c1. The van der Waals surface area contributed by atoms with Gasteiger partial charge in [0.15, 0.2) is 0 Å². The molecule has 0 amide bonds. The van der Waals surface area contributed by atoms with Crippen LogP contribution in [0.4, 0.5) is 25.8 Å². The first-order valence-electron chi connectivity index (χ1n) is 6.16. The monoisotopic (exact) mass is 289 g/mol. The quantitative estimate of drug-likeness (QED) is 0.415. The second-order valence-electron chi connectivity index (χ2n) is 3.95. The van der Waals surface area contributed by atoms with Gasteiger partial charge < -0.3 is 15.4 Å². The zero-order chi connectivity index (χ0) is 15.0. The summed E-state index contributed by atoms with van der Waals surface area (Å²) in [6.45, 7) is 2.30. The van der Waals surface area contributed by atoms with Crippen molar-refractivity contribution >= 4 is 17.1 Å². The Hall–Kier alpha value is -1.96. The minimum absolute atomic E-state index is 0.0422. The highest BCUT2D eigenvalue weighted by Gasteiger charge is 2.09. The zero-order valence-electron chi connectivity index (χ0n) is 11.1. The number of nitrogens with zero attached hydrogens (tertiary/aromatic N) is 1. The Morgan fingerprint density at radius 3 is 2.50 bits per heavy atom. The number of hydrogen-bond acceptors (Lipinski definition) is 5. The highest BCUT2D eigenvalue weighted by molar-refractivity contribution is 5.63. The largest absolute Gasteiger partial charge is 0.385 e. The Kier molecular flexibility index (Phi) is 6.65. The molecule has 0 atom stereocenters. The highest BCUT2D eigenvalue weighted by Crippen LogP contribution is 2.24. The van der Waals surface area contributed by atoms with Crippen LogP contribution in [0.15, 0.2) is 18.2 Å². The molecular formula is C12H17F2N3O3. The van der Waals surface area contributed by atoms with Crippen LogP contribution in [0.25, 0.3) is 0 Å². The molecule has 0 aromatic heterocycles. The van der Waals surface area contributed by atoms with E-state index in [0.29, 0.717) is 24.5 Å². The number of anilines is 2. The van der Waals surface area contributed by atoms with Gasteiger partial charge in [-0.1, -0.05) is 0 Å². The van der Waals surface area contributed by atoms with Crippen LogP contribution < -0.4 is 10.6 Å². The number of alkyl halides is 2. The second kappa shape index (κ2) is 8.26. The van der Waals surface area contributed by atoms with Crippen LogP contribution >= 0.6 is 0 Å². The summed E-state index contributed by atoms with van der Waals surface area (Å²) in [5.74, 6) is 0. The lowest BCUT2D eigenvalue weighted by Gasteiger charge is -2.10. The van der Waals surface area contributed by atoms with E-state index in [0.717, 1.165) is 0 Å². The van der Waals surface area contributed by atoms with Crippen molar-refractivity contribution in [2.45, 2.75) is 13.3 Å². The summed E-state index contributed by atoms with van der Waals surface area (Å²) in [5.41, 5.74) is 1.12. The summed E-state index contributed by atoms with van der Waals surface area (Å²) >= 11 is 0. The molecule has 6 nitrogen and oxygen atoms in total. The van der Waals surface area contributed by atoms with Gasteiger partial charge in [0.2, 0.25) is 0 Å².